The summed E-state index contributed by atoms with van der Waals surface area (Å²) in [7, 11) is -1.27. The van der Waals surface area contributed by atoms with Crippen LogP contribution in [-0.4, -0.2) is 109 Å². The first-order chi connectivity index (χ1) is 28.0. The lowest BCUT2D eigenvalue weighted by Crippen LogP contribution is -2.60. The highest BCUT2D eigenvalue weighted by molar-refractivity contribution is 7.91. The lowest BCUT2D eigenvalue weighted by Gasteiger charge is -2.34. The van der Waals surface area contributed by atoms with Crippen molar-refractivity contribution < 1.29 is 59.7 Å². The van der Waals surface area contributed by atoms with Crippen LogP contribution in [0.25, 0.3) is 11.0 Å². The average Bonchev–Trinajstić information content (AvgIpc) is 4.03. The number of amides is 4. The maximum absolute atomic E-state index is 15.0. The topological polar surface area (TPSA) is 204 Å². The molecule has 2 aliphatic carbocycles. The molecule has 0 radical (unpaired) electrons. The third-order valence-corrected chi connectivity index (χ3v) is 14.1. The second-order valence-electron chi connectivity index (χ2n) is 17.9. The van der Waals surface area contributed by atoms with Gasteiger partial charge >= 0.3 is 12.3 Å². The van der Waals surface area contributed by atoms with Crippen molar-refractivity contribution >= 4 is 44.9 Å². The minimum atomic E-state index is -5.02. The Labute approximate surface area is 347 Å². The van der Waals surface area contributed by atoms with E-state index >= 15 is 0 Å². The molecule has 2 aromatic rings. The van der Waals surface area contributed by atoms with Gasteiger partial charge < -0.3 is 34.5 Å². The van der Waals surface area contributed by atoms with E-state index in [1.165, 1.54) is 39.3 Å². The summed E-state index contributed by atoms with van der Waals surface area (Å²) < 4.78 is 93.3. The Balaban J connectivity index is 1.40. The van der Waals surface area contributed by atoms with E-state index in [0.29, 0.717) is 44.3 Å². The molecule has 0 bridgehead atoms. The Morgan fingerprint density at radius 1 is 1.03 bits per heavy atom. The molecule has 3 heterocycles. The van der Waals surface area contributed by atoms with Crippen LogP contribution >= 0.6 is 0 Å². The van der Waals surface area contributed by atoms with Gasteiger partial charge in [-0.3, -0.25) is 19.1 Å². The van der Waals surface area contributed by atoms with E-state index < -0.39 is 104 Å². The monoisotopic (exact) mass is 868 g/mol. The maximum atomic E-state index is 15.0. The maximum Gasteiger partial charge on any atom is 0.438 e. The molecule has 4 amide bonds. The SMILES string of the molecule is COC[C@@H]1C[C@@H](C)CCCC[C@@H]2C[C@@]2(C(=O)NS(=O)(=O)C2(C)CC2)NC(=O)[C@@H]2C[C@@H](Oc3nc4cc(OC)ccc4nc3C(F)(F)F)CN2C(=O)[C@H]1NC(=O)OC(C)(C)C. The van der Waals surface area contributed by atoms with Gasteiger partial charge in [0.15, 0.2) is 0 Å². The van der Waals surface area contributed by atoms with Crippen LogP contribution in [0.15, 0.2) is 18.2 Å². The van der Waals surface area contributed by atoms with E-state index in [4.69, 9.17) is 18.9 Å². The number of ether oxygens (including phenoxy) is 4. The van der Waals surface area contributed by atoms with Crippen LogP contribution in [0.1, 0.15) is 98.1 Å². The van der Waals surface area contributed by atoms with E-state index in [1.54, 1.807) is 20.8 Å². The molecule has 7 atom stereocenters. The first kappa shape index (κ1) is 45.1. The van der Waals surface area contributed by atoms with Crippen molar-refractivity contribution in [3.8, 4) is 11.6 Å². The molecule has 4 fully saturated rings. The smallest absolute Gasteiger partial charge is 0.438 e. The number of methoxy groups -OCH3 is 2. The molecular weight excluding hydrogens is 814 g/mol. The summed E-state index contributed by atoms with van der Waals surface area (Å²) in [5, 5.41) is 5.48. The van der Waals surface area contributed by atoms with E-state index in [2.05, 4.69) is 25.3 Å². The van der Waals surface area contributed by atoms with E-state index in [-0.39, 0.29) is 36.4 Å². The predicted molar refractivity (Wildman–Crippen MR) is 210 cm³/mol. The fraction of sp³-hybridized carbons (Fsp3) is 0.700. The van der Waals surface area contributed by atoms with Gasteiger partial charge in [-0.2, -0.15) is 13.2 Å². The van der Waals surface area contributed by atoms with Gasteiger partial charge in [-0.1, -0.05) is 26.2 Å². The lowest BCUT2D eigenvalue weighted by atomic mass is 9.86. The number of rotatable bonds is 9. The highest BCUT2D eigenvalue weighted by Crippen LogP contribution is 2.49. The Morgan fingerprint density at radius 3 is 2.37 bits per heavy atom. The van der Waals surface area contributed by atoms with Crippen LogP contribution in [0, 0.1) is 17.8 Å². The summed E-state index contributed by atoms with van der Waals surface area (Å²) in [5.41, 5.74) is -4.07. The number of hydrogen-bond acceptors (Lipinski definition) is 12. The highest BCUT2D eigenvalue weighted by Gasteiger charge is 2.63. The summed E-state index contributed by atoms with van der Waals surface area (Å²) >= 11 is 0. The number of aromatic nitrogens is 2. The largest absolute Gasteiger partial charge is 0.497 e. The third-order valence-electron chi connectivity index (χ3n) is 11.9. The van der Waals surface area contributed by atoms with Crippen LogP contribution in [-0.2, 0) is 40.1 Å². The van der Waals surface area contributed by atoms with Crippen LogP contribution in [0.4, 0.5) is 18.0 Å². The second-order valence-corrected chi connectivity index (χ2v) is 20.1. The number of fused-ring (bicyclic) bond motifs is 3. The molecular formula is C40H55F3N6O10S. The molecule has 60 heavy (non-hydrogen) atoms. The predicted octanol–water partition coefficient (Wildman–Crippen LogP) is 4.64. The van der Waals surface area contributed by atoms with Crippen molar-refractivity contribution in [1.82, 2.24) is 30.2 Å². The first-order valence-electron chi connectivity index (χ1n) is 20.3. The van der Waals surface area contributed by atoms with Crippen LogP contribution in [0.3, 0.4) is 0 Å². The second kappa shape index (κ2) is 16.8. The summed E-state index contributed by atoms with van der Waals surface area (Å²) in [4.78, 5) is 66.0. The number of alkyl carbamates (subject to hydrolysis) is 1. The van der Waals surface area contributed by atoms with Crippen LogP contribution < -0.4 is 24.8 Å². The van der Waals surface area contributed by atoms with Crippen molar-refractivity contribution in [3.63, 3.8) is 0 Å². The number of nitrogens with one attached hydrogen (secondary N) is 3. The molecule has 1 aromatic heterocycles. The van der Waals surface area contributed by atoms with Gasteiger partial charge in [0.2, 0.25) is 33.4 Å². The molecule has 20 heteroatoms. The molecule has 0 spiro atoms. The standard InChI is InChI=1S/C40H55F3N6O10S/c1-22-10-8-9-11-24-19-39(24,35(52)48-60(54,55)38(5)14-15-38)47-32(50)29-18-26(58-33-31(40(41,42)43)44-27-13-12-25(57-7)17-28(27)45-33)20-49(29)34(51)30(23(16-22)21-56-6)46-36(53)59-37(2,3)4/h12-13,17,22-24,26,29-30H,8-11,14-16,18-21H2,1-7H3,(H,46,53)(H,47,50)(H,48,52)/t22-,23-,24+,26+,29-,30-,39+/m0/s1. The summed E-state index contributed by atoms with van der Waals surface area (Å²) in [5.74, 6) is -4.16. The van der Waals surface area contributed by atoms with Gasteiger partial charge in [0, 0.05) is 25.5 Å². The van der Waals surface area contributed by atoms with Crippen molar-refractivity contribution in [3.05, 3.63) is 23.9 Å². The number of nitrogens with zero attached hydrogens (tertiary/aromatic N) is 3. The molecule has 2 saturated carbocycles. The fourth-order valence-corrected chi connectivity index (χ4v) is 9.53. The van der Waals surface area contributed by atoms with Crippen LogP contribution in [0.5, 0.6) is 11.6 Å². The molecule has 4 aliphatic rings. The number of carbonyl (C=O) groups is 4. The van der Waals surface area contributed by atoms with Gasteiger partial charge in [-0.15, -0.1) is 0 Å². The van der Waals surface area contributed by atoms with E-state index in [9.17, 15) is 40.8 Å². The lowest BCUT2D eigenvalue weighted by molar-refractivity contribution is -0.143. The average molecular weight is 869 g/mol. The highest BCUT2D eigenvalue weighted by atomic mass is 32.2. The van der Waals surface area contributed by atoms with E-state index in [1.807, 2.05) is 6.92 Å². The zero-order valence-corrected chi connectivity index (χ0v) is 35.8. The number of alkyl halides is 3. The van der Waals surface area contributed by atoms with Gasteiger partial charge in [0.1, 0.15) is 35.1 Å². The molecule has 1 aromatic carbocycles. The van der Waals surface area contributed by atoms with E-state index in [0.717, 1.165) is 11.3 Å². The van der Waals surface area contributed by atoms with Crippen molar-refractivity contribution in [1.29, 1.82) is 0 Å². The fourth-order valence-electron chi connectivity index (χ4n) is 8.22. The molecule has 2 saturated heterocycles. The Hall–Kier alpha value is -4.46. The summed E-state index contributed by atoms with van der Waals surface area (Å²) in [6, 6.07) is 1.34. The molecule has 3 N–H and O–H groups in total. The number of hydrogen-bond donors (Lipinski definition) is 3. The van der Waals surface area contributed by atoms with Gasteiger partial charge in [-0.25, -0.2) is 23.2 Å². The first-order valence-corrected chi connectivity index (χ1v) is 21.7. The van der Waals surface area contributed by atoms with Crippen LogP contribution in [0.2, 0.25) is 0 Å². The molecule has 332 valence electrons. The summed E-state index contributed by atoms with van der Waals surface area (Å²) in [6.07, 6.45) is -3.72. The Bertz CT molecular complexity index is 2090. The van der Waals surface area contributed by atoms with Crippen molar-refractivity contribution in [2.24, 2.45) is 17.8 Å². The zero-order chi connectivity index (χ0) is 44.0. The Kier molecular flexibility index (Phi) is 12.6. The normalized spacial score (nSPS) is 28.6. The molecule has 0 unspecified atom stereocenters. The van der Waals surface area contributed by atoms with Crippen molar-refractivity contribution in [2.45, 2.75) is 133 Å². The Morgan fingerprint density at radius 2 is 1.73 bits per heavy atom. The van der Waals surface area contributed by atoms with Gasteiger partial charge in [-0.05, 0) is 83.8 Å². The summed E-state index contributed by atoms with van der Waals surface area (Å²) in [6.45, 7) is 8.06. The van der Waals surface area contributed by atoms with Gasteiger partial charge in [0.25, 0.3) is 5.91 Å². The third kappa shape index (κ3) is 9.84. The molecule has 6 rings (SSSR count). The van der Waals surface area contributed by atoms with Gasteiger partial charge in [0.05, 0.1) is 36.0 Å². The van der Waals surface area contributed by atoms with Crippen molar-refractivity contribution in [2.75, 3.05) is 27.4 Å². The molecule has 2 aliphatic heterocycles. The molecule has 16 nitrogen and oxygen atoms in total. The minimum absolute atomic E-state index is 0.0128. The quantitative estimate of drug-likeness (QED) is 0.316. The minimum Gasteiger partial charge on any atom is -0.497 e. The number of sulfonamides is 1. The zero-order valence-electron chi connectivity index (χ0n) is 34.9. The number of halogens is 3. The number of carbonyl (C=O) groups excluding carboxylic acids is 4. The number of benzene rings is 1.